The number of aliphatic hydroxyl groups is 1. The molecule has 0 aliphatic heterocycles. The molecule has 1 aliphatic rings. The van der Waals surface area contributed by atoms with Crippen molar-refractivity contribution in [2.24, 2.45) is 0 Å². The minimum absolute atomic E-state index is 0.123. The van der Waals surface area contributed by atoms with Gasteiger partial charge in [-0.15, -0.1) is 0 Å². The molecule has 7 heteroatoms. The molecule has 2 N–H and O–H groups in total. The van der Waals surface area contributed by atoms with Crippen molar-refractivity contribution in [3.05, 3.63) is 60.7 Å². The minimum atomic E-state index is -0.489. The van der Waals surface area contributed by atoms with E-state index in [1.165, 1.54) is 0 Å². The van der Waals surface area contributed by atoms with Crippen LogP contribution in [0.5, 0.6) is 0 Å². The SMILES string of the molecule is Cc1nn(CC(=O)N[C@H]2C[C@@H](O)[C@@H]2n2cccn2)cc1-c1ccccc1. The first-order valence-electron chi connectivity index (χ1n) is 8.68. The van der Waals surface area contributed by atoms with Crippen LogP contribution in [0, 0.1) is 6.92 Å². The number of carbonyl (C=O) groups is 1. The maximum Gasteiger partial charge on any atom is 0.242 e. The Morgan fingerprint density at radius 3 is 2.81 bits per heavy atom. The Labute approximate surface area is 151 Å². The third kappa shape index (κ3) is 3.13. The number of nitrogens with one attached hydrogen (secondary N) is 1. The predicted molar refractivity (Wildman–Crippen MR) is 96.2 cm³/mol. The van der Waals surface area contributed by atoms with Gasteiger partial charge in [0, 0.05) is 24.2 Å². The number of aliphatic hydroxyl groups excluding tert-OH is 1. The van der Waals surface area contributed by atoms with Crippen LogP contribution in [-0.2, 0) is 11.3 Å². The zero-order valence-electron chi connectivity index (χ0n) is 14.5. The van der Waals surface area contributed by atoms with Crippen molar-refractivity contribution >= 4 is 5.91 Å². The Balaban J connectivity index is 1.41. The van der Waals surface area contributed by atoms with Crippen LogP contribution in [0.25, 0.3) is 11.1 Å². The van der Waals surface area contributed by atoms with Gasteiger partial charge < -0.3 is 10.4 Å². The molecule has 3 aromatic rings. The van der Waals surface area contributed by atoms with Gasteiger partial charge in [-0.05, 0) is 25.0 Å². The molecule has 0 radical (unpaired) electrons. The molecular weight excluding hydrogens is 330 g/mol. The number of carbonyl (C=O) groups excluding carboxylic acids is 1. The molecule has 1 fully saturated rings. The fourth-order valence-electron chi connectivity index (χ4n) is 3.47. The zero-order chi connectivity index (χ0) is 18.1. The molecule has 26 heavy (non-hydrogen) atoms. The first kappa shape index (κ1) is 16.5. The molecule has 1 saturated carbocycles. The van der Waals surface area contributed by atoms with Gasteiger partial charge in [0.1, 0.15) is 6.54 Å². The van der Waals surface area contributed by atoms with E-state index in [0.717, 1.165) is 16.8 Å². The van der Waals surface area contributed by atoms with E-state index in [-0.39, 0.29) is 24.5 Å². The fourth-order valence-corrected chi connectivity index (χ4v) is 3.47. The van der Waals surface area contributed by atoms with Gasteiger partial charge in [-0.3, -0.25) is 14.2 Å². The fraction of sp³-hybridized carbons (Fsp3) is 0.316. The molecule has 0 unspecified atom stereocenters. The largest absolute Gasteiger partial charge is 0.391 e. The number of benzene rings is 1. The van der Waals surface area contributed by atoms with E-state index in [1.807, 2.05) is 49.5 Å². The van der Waals surface area contributed by atoms with Crippen LogP contribution < -0.4 is 5.32 Å². The summed E-state index contributed by atoms with van der Waals surface area (Å²) in [7, 11) is 0. The number of rotatable bonds is 5. The minimum Gasteiger partial charge on any atom is -0.391 e. The van der Waals surface area contributed by atoms with Crippen molar-refractivity contribution in [1.82, 2.24) is 24.9 Å². The second-order valence-electron chi connectivity index (χ2n) is 6.65. The topological polar surface area (TPSA) is 85.0 Å². The van der Waals surface area contributed by atoms with Crippen LogP contribution in [-0.4, -0.2) is 42.7 Å². The Hall–Kier alpha value is -2.93. The van der Waals surface area contributed by atoms with E-state index in [2.05, 4.69) is 15.5 Å². The second-order valence-corrected chi connectivity index (χ2v) is 6.65. The normalized spacial score (nSPS) is 22.0. The predicted octanol–water partition coefficient (Wildman–Crippen LogP) is 1.55. The van der Waals surface area contributed by atoms with E-state index < -0.39 is 6.10 Å². The van der Waals surface area contributed by atoms with Gasteiger partial charge in [-0.2, -0.15) is 10.2 Å². The van der Waals surface area contributed by atoms with E-state index in [4.69, 9.17) is 0 Å². The summed E-state index contributed by atoms with van der Waals surface area (Å²) in [4.78, 5) is 12.4. The van der Waals surface area contributed by atoms with Gasteiger partial charge in [-0.25, -0.2) is 0 Å². The summed E-state index contributed by atoms with van der Waals surface area (Å²) in [6.45, 7) is 2.08. The highest BCUT2D eigenvalue weighted by atomic mass is 16.3. The average Bonchev–Trinajstić information content (AvgIpc) is 3.25. The maximum absolute atomic E-state index is 12.4. The molecular formula is C19H21N5O2. The average molecular weight is 351 g/mol. The van der Waals surface area contributed by atoms with E-state index >= 15 is 0 Å². The number of nitrogens with zero attached hydrogens (tertiary/aromatic N) is 4. The maximum atomic E-state index is 12.4. The molecule has 1 amide bonds. The number of amides is 1. The van der Waals surface area contributed by atoms with Gasteiger partial charge in [0.15, 0.2) is 0 Å². The van der Waals surface area contributed by atoms with Crippen molar-refractivity contribution in [2.45, 2.75) is 38.1 Å². The summed E-state index contributed by atoms with van der Waals surface area (Å²) in [6, 6.07) is 11.5. The third-order valence-electron chi connectivity index (χ3n) is 4.82. The number of aryl methyl sites for hydroxylation is 1. The van der Waals surface area contributed by atoms with Gasteiger partial charge in [0.2, 0.25) is 5.91 Å². The van der Waals surface area contributed by atoms with Crippen molar-refractivity contribution in [1.29, 1.82) is 0 Å². The Kier molecular flexibility index (Phi) is 4.30. The molecule has 0 spiro atoms. The molecule has 1 aliphatic carbocycles. The monoisotopic (exact) mass is 351 g/mol. The highest BCUT2D eigenvalue weighted by Gasteiger charge is 2.42. The van der Waals surface area contributed by atoms with Crippen LogP contribution in [0.15, 0.2) is 55.0 Å². The lowest BCUT2D eigenvalue weighted by Crippen LogP contribution is -2.56. The molecule has 134 valence electrons. The van der Waals surface area contributed by atoms with E-state index in [0.29, 0.717) is 6.42 Å². The van der Waals surface area contributed by atoms with Gasteiger partial charge >= 0.3 is 0 Å². The molecule has 2 heterocycles. The highest BCUT2D eigenvalue weighted by Crippen LogP contribution is 2.32. The summed E-state index contributed by atoms with van der Waals surface area (Å²) in [6.07, 6.45) is 5.41. The lowest BCUT2D eigenvalue weighted by atomic mass is 9.83. The summed E-state index contributed by atoms with van der Waals surface area (Å²) < 4.78 is 3.36. The summed E-state index contributed by atoms with van der Waals surface area (Å²) in [5, 5.41) is 21.6. The van der Waals surface area contributed by atoms with Crippen molar-refractivity contribution in [3.8, 4) is 11.1 Å². The summed E-state index contributed by atoms with van der Waals surface area (Å²) in [5.41, 5.74) is 2.99. The molecule has 2 aromatic heterocycles. The lowest BCUT2D eigenvalue weighted by molar-refractivity contribution is -0.125. The Bertz CT molecular complexity index is 888. The second kappa shape index (κ2) is 6.76. The quantitative estimate of drug-likeness (QED) is 0.730. The van der Waals surface area contributed by atoms with Crippen LogP contribution >= 0.6 is 0 Å². The first-order valence-corrected chi connectivity index (χ1v) is 8.68. The standard InChI is InChI=1S/C19H21N5O2/c1-13-15(14-6-3-2-4-7-14)11-23(22-13)12-18(26)21-16-10-17(25)19(16)24-9-5-8-20-24/h2-9,11,16-17,19,25H,10,12H2,1H3,(H,21,26)/t16-,17+,19+/m0/s1. The molecule has 0 saturated heterocycles. The van der Waals surface area contributed by atoms with Crippen LogP contribution in [0.1, 0.15) is 18.2 Å². The van der Waals surface area contributed by atoms with E-state index in [9.17, 15) is 9.90 Å². The van der Waals surface area contributed by atoms with Crippen LogP contribution in [0.2, 0.25) is 0 Å². The third-order valence-corrected chi connectivity index (χ3v) is 4.82. The summed E-state index contributed by atoms with van der Waals surface area (Å²) in [5.74, 6) is -0.124. The highest BCUT2D eigenvalue weighted by molar-refractivity contribution is 5.76. The molecule has 3 atom stereocenters. The number of aromatic nitrogens is 4. The Morgan fingerprint density at radius 2 is 2.12 bits per heavy atom. The smallest absolute Gasteiger partial charge is 0.242 e. The molecule has 0 bridgehead atoms. The van der Waals surface area contributed by atoms with Crippen molar-refractivity contribution in [2.75, 3.05) is 0 Å². The van der Waals surface area contributed by atoms with Crippen molar-refractivity contribution in [3.63, 3.8) is 0 Å². The first-order chi connectivity index (χ1) is 12.6. The van der Waals surface area contributed by atoms with Crippen LogP contribution in [0.3, 0.4) is 0 Å². The Morgan fingerprint density at radius 1 is 1.31 bits per heavy atom. The molecule has 1 aromatic carbocycles. The van der Waals surface area contributed by atoms with Crippen molar-refractivity contribution < 1.29 is 9.90 Å². The van der Waals surface area contributed by atoms with Gasteiger partial charge in [0.05, 0.1) is 23.9 Å². The van der Waals surface area contributed by atoms with Gasteiger partial charge in [-0.1, -0.05) is 30.3 Å². The van der Waals surface area contributed by atoms with E-state index in [1.54, 1.807) is 21.8 Å². The summed E-state index contributed by atoms with van der Waals surface area (Å²) >= 11 is 0. The van der Waals surface area contributed by atoms with Gasteiger partial charge in [0.25, 0.3) is 0 Å². The molecule has 4 rings (SSSR count). The number of hydrogen-bond acceptors (Lipinski definition) is 4. The lowest BCUT2D eigenvalue weighted by Gasteiger charge is -2.41. The zero-order valence-corrected chi connectivity index (χ0v) is 14.5. The number of hydrogen-bond donors (Lipinski definition) is 2. The molecule has 7 nitrogen and oxygen atoms in total. The van der Waals surface area contributed by atoms with Crippen LogP contribution in [0.4, 0.5) is 0 Å².